The van der Waals surface area contributed by atoms with E-state index in [9.17, 15) is 10.1 Å². The summed E-state index contributed by atoms with van der Waals surface area (Å²) in [7, 11) is 3.25. The molecule has 1 heterocycles. The van der Waals surface area contributed by atoms with Crippen molar-refractivity contribution in [2.75, 3.05) is 27.3 Å². The molecule has 19 heavy (non-hydrogen) atoms. The summed E-state index contributed by atoms with van der Waals surface area (Å²) in [5, 5.41) is 13.5. The molecule has 7 nitrogen and oxygen atoms in total. The molecule has 0 spiro atoms. The van der Waals surface area contributed by atoms with E-state index in [-0.39, 0.29) is 0 Å². The highest BCUT2D eigenvalue weighted by atomic mass is 16.6. The number of hydrogen-bond acceptors (Lipinski definition) is 6. The van der Waals surface area contributed by atoms with Gasteiger partial charge in [-0.2, -0.15) is 0 Å². The largest absolute Gasteiger partial charge is 0.383 e. The standard InChI is InChI=1S/C12H18N4O3/c1-13-12(10-16(17)18)15(6-7-19-2)9-11-4-3-5-14-8-11/h3-5,8,10,13H,6-7,9H2,1-2H3. The minimum Gasteiger partial charge on any atom is -0.383 e. The summed E-state index contributed by atoms with van der Waals surface area (Å²) >= 11 is 0. The number of nitrogens with zero attached hydrogens (tertiary/aromatic N) is 3. The first-order valence-electron chi connectivity index (χ1n) is 5.83. The van der Waals surface area contributed by atoms with Crippen molar-refractivity contribution in [3.63, 3.8) is 0 Å². The topological polar surface area (TPSA) is 80.5 Å². The van der Waals surface area contributed by atoms with Crippen molar-refractivity contribution in [3.05, 3.63) is 52.2 Å². The second-order valence-electron chi connectivity index (χ2n) is 3.83. The number of methoxy groups -OCH3 is 1. The van der Waals surface area contributed by atoms with E-state index in [0.29, 0.717) is 25.5 Å². The van der Waals surface area contributed by atoms with Gasteiger partial charge < -0.3 is 15.0 Å². The Kier molecular flexibility index (Phi) is 6.31. The fourth-order valence-corrected chi connectivity index (χ4v) is 1.60. The number of hydrogen-bond donors (Lipinski definition) is 1. The Hall–Kier alpha value is -2.15. The molecule has 1 N–H and O–H groups in total. The Labute approximate surface area is 112 Å². The lowest BCUT2D eigenvalue weighted by atomic mass is 10.2. The maximum atomic E-state index is 10.6. The van der Waals surface area contributed by atoms with Crippen LogP contribution < -0.4 is 5.32 Å². The molecule has 0 radical (unpaired) electrons. The lowest BCUT2D eigenvalue weighted by Gasteiger charge is -2.25. The highest BCUT2D eigenvalue weighted by molar-refractivity contribution is 5.10. The lowest BCUT2D eigenvalue weighted by molar-refractivity contribution is -0.404. The predicted molar refractivity (Wildman–Crippen MR) is 70.7 cm³/mol. The van der Waals surface area contributed by atoms with Crippen molar-refractivity contribution in [2.24, 2.45) is 0 Å². The predicted octanol–water partition coefficient (Wildman–Crippen LogP) is 0.825. The van der Waals surface area contributed by atoms with Gasteiger partial charge in [0.15, 0.2) is 5.82 Å². The van der Waals surface area contributed by atoms with Gasteiger partial charge in [-0.3, -0.25) is 15.1 Å². The summed E-state index contributed by atoms with van der Waals surface area (Å²) in [4.78, 5) is 16.0. The molecule has 1 rings (SSSR count). The zero-order valence-electron chi connectivity index (χ0n) is 11.1. The van der Waals surface area contributed by atoms with Gasteiger partial charge in [-0.15, -0.1) is 0 Å². The summed E-state index contributed by atoms with van der Waals surface area (Å²) in [5.41, 5.74) is 0.975. The number of pyridine rings is 1. The van der Waals surface area contributed by atoms with Crippen LogP contribution in [0.3, 0.4) is 0 Å². The van der Waals surface area contributed by atoms with Crippen LogP contribution in [0, 0.1) is 10.1 Å². The van der Waals surface area contributed by atoms with E-state index in [0.717, 1.165) is 11.8 Å². The van der Waals surface area contributed by atoms with E-state index in [1.807, 2.05) is 17.0 Å². The van der Waals surface area contributed by atoms with Gasteiger partial charge in [-0.05, 0) is 11.6 Å². The smallest absolute Gasteiger partial charge is 0.274 e. The number of aromatic nitrogens is 1. The molecule has 0 amide bonds. The van der Waals surface area contributed by atoms with E-state index in [4.69, 9.17) is 4.74 Å². The maximum absolute atomic E-state index is 10.6. The van der Waals surface area contributed by atoms with E-state index in [1.54, 1.807) is 26.6 Å². The van der Waals surface area contributed by atoms with E-state index in [2.05, 4.69) is 10.3 Å². The second kappa shape index (κ2) is 8.04. The van der Waals surface area contributed by atoms with Crippen LogP contribution in [0.5, 0.6) is 0 Å². The maximum Gasteiger partial charge on any atom is 0.274 e. The SMILES string of the molecule is CNC(=C[N+](=O)[O-])N(CCOC)Cc1cccnc1. The average Bonchev–Trinajstić information content (AvgIpc) is 2.42. The Morgan fingerprint density at radius 3 is 3.00 bits per heavy atom. The molecule has 0 aliphatic heterocycles. The zero-order chi connectivity index (χ0) is 14.1. The monoisotopic (exact) mass is 266 g/mol. The Morgan fingerprint density at radius 1 is 1.68 bits per heavy atom. The third kappa shape index (κ3) is 5.35. The quantitative estimate of drug-likeness (QED) is 0.554. The lowest BCUT2D eigenvalue weighted by Crippen LogP contribution is -2.33. The van der Waals surface area contributed by atoms with Crippen molar-refractivity contribution >= 4 is 0 Å². The van der Waals surface area contributed by atoms with Gasteiger partial charge in [0.1, 0.15) is 0 Å². The molecule has 0 aliphatic rings. The molecule has 0 unspecified atom stereocenters. The fraction of sp³-hybridized carbons (Fsp3) is 0.417. The van der Waals surface area contributed by atoms with Crippen molar-refractivity contribution in [1.29, 1.82) is 0 Å². The molecule has 0 saturated heterocycles. The molecule has 0 bridgehead atoms. The van der Waals surface area contributed by atoms with Crippen LogP contribution >= 0.6 is 0 Å². The molecule has 0 aromatic carbocycles. The summed E-state index contributed by atoms with van der Waals surface area (Å²) in [6.07, 6.45) is 4.38. The van der Waals surface area contributed by atoms with Gasteiger partial charge >= 0.3 is 0 Å². The highest BCUT2D eigenvalue weighted by Crippen LogP contribution is 2.08. The molecule has 0 saturated carbocycles. The number of ether oxygens (including phenoxy) is 1. The summed E-state index contributed by atoms with van der Waals surface area (Å²) < 4.78 is 5.03. The van der Waals surface area contributed by atoms with Crippen LogP contribution in [0.15, 0.2) is 36.5 Å². The second-order valence-corrected chi connectivity index (χ2v) is 3.83. The van der Waals surface area contributed by atoms with Crippen LogP contribution in [-0.4, -0.2) is 42.1 Å². The Morgan fingerprint density at radius 2 is 2.47 bits per heavy atom. The van der Waals surface area contributed by atoms with Crippen LogP contribution in [0.4, 0.5) is 0 Å². The van der Waals surface area contributed by atoms with Gasteiger partial charge in [0.25, 0.3) is 6.20 Å². The normalized spacial score (nSPS) is 11.2. The van der Waals surface area contributed by atoms with Crippen LogP contribution in [0.2, 0.25) is 0 Å². The minimum absolute atomic E-state index is 0.436. The molecule has 1 aromatic heterocycles. The van der Waals surface area contributed by atoms with Crippen LogP contribution in [0.25, 0.3) is 0 Å². The third-order valence-electron chi connectivity index (χ3n) is 2.49. The zero-order valence-corrected chi connectivity index (χ0v) is 11.1. The van der Waals surface area contributed by atoms with Crippen molar-refractivity contribution < 1.29 is 9.66 Å². The Bertz CT molecular complexity index is 422. The Balaban J connectivity index is 2.84. The molecule has 0 atom stereocenters. The highest BCUT2D eigenvalue weighted by Gasteiger charge is 2.12. The molecule has 7 heteroatoms. The number of nitrogens with one attached hydrogen (secondary N) is 1. The van der Waals surface area contributed by atoms with Gasteiger partial charge in [0.2, 0.25) is 0 Å². The molecule has 0 aliphatic carbocycles. The van der Waals surface area contributed by atoms with Gasteiger partial charge in [0, 0.05) is 39.6 Å². The molecular formula is C12H18N4O3. The minimum atomic E-state index is -0.477. The molecule has 1 aromatic rings. The first-order valence-corrected chi connectivity index (χ1v) is 5.83. The fourth-order valence-electron chi connectivity index (χ4n) is 1.60. The van der Waals surface area contributed by atoms with E-state index < -0.39 is 4.92 Å². The average molecular weight is 266 g/mol. The molecule has 104 valence electrons. The van der Waals surface area contributed by atoms with Gasteiger partial charge in [0.05, 0.1) is 11.5 Å². The molecular weight excluding hydrogens is 248 g/mol. The van der Waals surface area contributed by atoms with Crippen molar-refractivity contribution in [3.8, 4) is 0 Å². The number of nitro groups is 1. The van der Waals surface area contributed by atoms with Crippen LogP contribution in [0.1, 0.15) is 5.56 Å². The first-order chi connectivity index (χ1) is 9.17. The van der Waals surface area contributed by atoms with Crippen molar-refractivity contribution in [1.82, 2.24) is 15.2 Å². The summed E-state index contributed by atoms with van der Waals surface area (Å²) in [6.45, 7) is 1.56. The van der Waals surface area contributed by atoms with E-state index in [1.165, 1.54) is 0 Å². The van der Waals surface area contributed by atoms with Crippen molar-refractivity contribution in [2.45, 2.75) is 6.54 Å². The van der Waals surface area contributed by atoms with Crippen LogP contribution in [-0.2, 0) is 11.3 Å². The molecule has 0 fully saturated rings. The van der Waals surface area contributed by atoms with Gasteiger partial charge in [-0.1, -0.05) is 6.07 Å². The summed E-state index contributed by atoms with van der Waals surface area (Å²) in [6, 6.07) is 3.76. The van der Waals surface area contributed by atoms with Gasteiger partial charge in [-0.25, -0.2) is 0 Å². The third-order valence-corrected chi connectivity index (χ3v) is 2.49. The first kappa shape index (κ1) is 14.9. The summed E-state index contributed by atoms with van der Waals surface area (Å²) in [5.74, 6) is 0.436. The number of rotatable bonds is 8. The van der Waals surface area contributed by atoms with E-state index >= 15 is 0 Å².